The van der Waals surface area contributed by atoms with E-state index >= 15 is 0 Å². The number of nitrogens with two attached hydrogens (primary N) is 2. The Balaban J connectivity index is 0.880. The van der Waals surface area contributed by atoms with Gasteiger partial charge in [-0.1, -0.05) is 24.3 Å². The lowest BCUT2D eigenvalue weighted by Gasteiger charge is -2.10. The lowest BCUT2D eigenvalue weighted by Crippen LogP contribution is -2.21. The summed E-state index contributed by atoms with van der Waals surface area (Å²) in [4.78, 5) is 26.7. The van der Waals surface area contributed by atoms with E-state index < -0.39 is 0 Å². The van der Waals surface area contributed by atoms with Gasteiger partial charge in [0.1, 0.15) is 23.2 Å². The van der Waals surface area contributed by atoms with Gasteiger partial charge in [-0.3, -0.25) is 20.4 Å². The zero-order chi connectivity index (χ0) is 34.3. The molecule has 0 unspecified atom stereocenters. The van der Waals surface area contributed by atoms with Gasteiger partial charge in [0.15, 0.2) is 0 Å². The molecule has 0 aliphatic heterocycles. The van der Waals surface area contributed by atoms with Gasteiger partial charge < -0.3 is 31.6 Å². The number of amidine groups is 2. The van der Waals surface area contributed by atoms with E-state index in [0.717, 1.165) is 42.8 Å². The number of carbonyl (C=O) groups excluding carboxylic acids is 2. The predicted molar refractivity (Wildman–Crippen MR) is 197 cm³/mol. The summed E-state index contributed by atoms with van der Waals surface area (Å²) in [6.45, 7) is 1.76. The van der Waals surface area contributed by atoms with Crippen LogP contribution in [0.3, 0.4) is 0 Å². The molecule has 248 valence electrons. The number of nitrogen functional groups attached to an aromatic ring is 2. The van der Waals surface area contributed by atoms with Crippen LogP contribution in [0.4, 0.5) is 0 Å². The molecule has 10 nitrogen and oxygen atoms in total. The Morgan fingerprint density at radius 1 is 0.592 bits per heavy atom. The molecule has 6 aromatic rings. The fourth-order valence-corrected chi connectivity index (χ4v) is 6.95. The van der Waals surface area contributed by atoms with Crippen LogP contribution >= 0.6 is 22.7 Å². The smallest absolute Gasteiger partial charge is 0.261 e. The molecule has 4 aromatic carbocycles. The maximum Gasteiger partial charge on any atom is 0.261 e. The molecule has 0 spiro atoms. The second-order valence-corrected chi connectivity index (χ2v) is 13.4. The van der Waals surface area contributed by atoms with Crippen LogP contribution in [-0.4, -0.2) is 36.7 Å². The van der Waals surface area contributed by atoms with Crippen molar-refractivity contribution in [3.63, 3.8) is 0 Å². The molecule has 49 heavy (non-hydrogen) atoms. The Hall–Kier alpha value is -5.72. The third kappa shape index (κ3) is 8.42. The van der Waals surface area contributed by atoms with Crippen molar-refractivity contribution in [2.24, 2.45) is 11.5 Å². The first-order chi connectivity index (χ1) is 23.7. The highest BCUT2D eigenvalue weighted by Gasteiger charge is 2.13. The van der Waals surface area contributed by atoms with Gasteiger partial charge in [-0.15, -0.1) is 22.7 Å². The van der Waals surface area contributed by atoms with Crippen molar-refractivity contribution in [3.05, 3.63) is 129 Å². The number of thiophene rings is 2. The Morgan fingerprint density at radius 3 is 1.39 bits per heavy atom. The Bertz CT molecular complexity index is 2000. The maximum atomic E-state index is 12.7. The molecule has 0 bridgehead atoms. The molecule has 8 N–H and O–H groups in total. The van der Waals surface area contributed by atoms with Crippen LogP contribution in [-0.2, 0) is 13.1 Å². The predicted octanol–water partition coefficient (Wildman–Crippen LogP) is 6.39. The number of fused-ring (bicyclic) bond motifs is 2. The zero-order valence-electron chi connectivity index (χ0n) is 26.4. The lowest BCUT2D eigenvalue weighted by atomic mass is 10.1. The normalized spacial score (nSPS) is 10.9. The summed E-state index contributed by atoms with van der Waals surface area (Å²) >= 11 is 2.81. The second-order valence-electron chi connectivity index (χ2n) is 11.3. The number of carbonyl (C=O) groups is 2. The second kappa shape index (κ2) is 15.0. The van der Waals surface area contributed by atoms with Crippen molar-refractivity contribution < 1.29 is 19.1 Å². The van der Waals surface area contributed by atoms with E-state index in [-0.39, 0.29) is 23.5 Å². The third-order valence-corrected chi connectivity index (χ3v) is 9.91. The van der Waals surface area contributed by atoms with Gasteiger partial charge in [0, 0.05) is 40.0 Å². The fourth-order valence-electron chi connectivity index (χ4n) is 5.03. The summed E-state index contributed by atoms with van der Waals surface area (Å²) in [5, 5.41) is 22.9. The molecule has 0 saturated heterocycles. The fraction of sp³-hybridized carbons (Fsp3) is 0.135. The van der Waals surface area contributed by atoms with E-state index in [1.165, 1.54) is 22.7 Å². The molecule has 2 heterocycles. The SMILES string of the molecule is N=C(N)c1ccc2sc(C(=O)NCc3ccc(OCCCOc4ccc(CNC(=O)c5cc6cc(C(=N)N)ccc6s5)cc4)cc3)cc2c1. The molecule has 2 amide bonds. The van der Waals surface area contributed by atoms with Gasteiger partial charge in [-0.05, 0) is 94.7 Å². The van der Waals surface area contributed by atoms with Crippen molar-refractivity contribution in [2.75, 3.05) is 13.2 Å². The third-order valence-electron chi connectivity index (χ3n) is 7.68. The molecule has 0 radical (unpaired) electrons. The van der Waals surface area contributed by atoms with Gasteiger partial charge in [0.05, 0.1) is 23.0 Å². The highest BCUT2D eigenvalue weighted by Crippen LogP contribution is 2.28. The van der Waals surface area contributed by atoms with E-state index in [9.17, 15) is 9.59 Å². The molecular weight excluding hydrogens is 657 g/mol. The van der Waals surface area contributed by atoms with Crippen LogP contribution in [0.2, 0.25) is 0 Å². The summed E-state index contributed by atoms with van der Waals surface area (Å²) in [6, 6.07) is 29.8. The molecule has 0 saturated carbocycles. The van der Waals surface area contributed by atoms with Crippen LogP contribution in [0, 0.1) is 10.8 Å². The molecule has 0 fully saturated rings. The number of nitrogens with one attached hydrogen (secondary N) is 4. The standard InChI is InChI=1S/C37H34N6O4S2/c38-34(39)24-6-12-30-26(16-24)18-32(48-30)36(44)42-20-22-2-8-28(9-3-22)46-14-1-15-47-29-10-4-23(5-11-29)21-43-37(45)33-19-27-17-25(35(40)41)7-13-31(27)49-33/h2-13,16-19H,1,14-15,20-21H2,(H3,38,39)(H3,40,41)(H,42,44)(H,43,45). The summed E-state index contributed by atoms with van der Waals surface area (Å²) in [5.74, 6) is 1.18. The summed E-state index contributed by atoms with van der Waals surface area (Å²) in [7, 11) is 0. The quantitative estimate of drug-likeness (QED) is 0.0438. The van der Waals surface area contributed by atoms with Gasteiger partial charge in [0.25, 0.3) is 11.8 Å². The maximum absolute atomic E-state index is 12.7. The highest BCUT2D eigenvalue weighted by molar-refractivity contribution is 7.21. The van der Waals surface area contributed by atoms with Crippen LogP contribution < -0.4 is 31.6 Å². The van der Waals surface area contributed by atoms with Gasteiger partial charge in [-0.2, -0.15) is 0 Å². The Kier molecular flexibility index (Phi) is 10.2. The van der Waals surface area contributed by atoms with Crippen LogP contribution in [0.1, 0.15) is 48.0 Å². The zero-order valence-corrected chi connectivity index (χ0v) is 28.0. The van der Waals surface area contributed by atoms with Crippen molar-refractivity contribution in [1.82, 2.24) is 10.6 Å². The van der Waals surface area contributed by atoms with Crippen molar-refractivity contribution in [3.8, 4) is 11.5 Å². The number of rotatable bonds is 14. The first-order valence-corrected chi connectivity index (χ1v) is 17.1. The Morgan fingerprint density at radius 2 is 1.00 bits per heavy atom. The number of hydrogen-bond acceptors (Lipinski definition) is 8. The van der Waals surface area contributed by atoms with E-state index in [1.807, 2.05) is 84.9 Å². The Labute approximate surface area is 290 Å². The molecule has 2 aromatic heterocycles. The van der Waals surface area contributed by atoms with Gasteiger partial charge >= 0.3 is 0 Å². The molecule has 0 atom stereocenters. The van der Waals surface area contributed by atoms with E-state index in [4.69, 9.17) is 31.8 Å². The summed E-state index contributed by atoms with van der Waals surface area (Å²) in [6.07, 6.45) is 0.696. The lowest BCUT2D eigenvalue weighted by molar-refractivity contribution is 0.0947. The minimum absolute atomic E-state index is 0.0000677. The van der Waals surface area contributed by atoms with E-state index in [0.29, 0.717) is 53.6 Å². The minimum Gasteiger partial charge on any atom is -0.493 e. The topological polar surface area (TPSA) is 176 Å². The molecule has 0 aliphatic rings. The first kappa shape index (κ1) is 33.2. The largest absolute Gasteiger partial charge is 0.493 e. The van der Waals surface area contributed by atoms with Crippen molar-refractivity contribution in [1.29, 1.82) is 10.8 Å². The molecule has 12 heteroatoms. The van der Waals surface area contributed by atoms with Gasteiger partial charge in [-0.25, -0.2) is 0 Å². The van der Waals surface area contributed by atoms with E-state index in [1.54, 1.807) is 12.1 Å². The van der Waals surface area contributed by atoms with Crippen LogP contribution in [0.5, 0.6) is 11.5 Å². The summed E-state index contributed by atoms with van der Waals surface area (Å²) in [5.41, 5.74) is 14.3. The van der Waals surface area contributed by atoms with Crippen molar-refractivity contribution >= 4 is 66.3 Å². The van der Waals surface area contributed by atoms with Crippen molar-refractivity contribution in [2.45, 2.75) is 19.5 Å². The monoisotopic (exact) mass is 690 g/mol. The molecule has 6 rings (SSSR count). The number of benzene rings is 4. The number of ether oxygens (including phenoxy) is 2. The van der Waals surface area contributed by atoms with Gasteiger partial charge in [0.2, 0.25) is 0 Å². The molecular formula is C37H34N6O4S2. The van der Waals surface area contributed by atoms with E-state index in [2.05, 4.69) is 10.6 Å². The molecule has 0 aliphatic carbocycles. The van der Waals surface area contributed by atoms with Crippen LogP contribution in [0.15, 0.2) is 97.1 Å². The highest BCUT2D eigenvalue weighted by atomic mass is 32.1. The summed E-state index contributed by atoms with van der Waals surface area (Å²) < 4.78 is 13.6. The average molecular weight is 691 g/mol. The first-order valence-electron chi connectivity index (χ1n) is 15.5. The number of amides is 2. The van der Waals surface area contributed by atoms with Crippen LogP contribution in [0.25, 0.3) is 20.2 Å². The average Bonchev–Trinajstić information content (AvgIpc) is 3.74. The minimum atomic E-state index is -0.151. The number of hydrogen-bond donors (Lipinski definition) is 6.